The molecule has 2 heterocycles. The van der Waals surface area contributed by atoms with Crippen LogP contribution in [0, 0.1) is 6.92 Å². The largest absolute Gasteiger partial charge is 0.485 e. The van der Waals surface area contributed by atoms with Crippen molar-refractivity contribution in [3.63, 3.8) is 0 Å². The first-order valence-corrected chi connectivity index (χ1v) is 5.02. The predicted molar refractivity (Wildman–Crippen MR) is 57.7 cm³/mol. The molecule has 0 spiro atoms. The van der Waals surface area contributed by atoms with E-state index in [9.17, 15) is 0 Å². The van der Waals surface area contributed by atoms with Crippen LogP contribution < -0.4 is 4.74 Å². The molecule has 1 aromatic heterocycles. The molecule has 1 aromatic carbocycles. The van der Waals surface area contributed by atoms with Gasteiger partial charge in [0.2, 0.25) is 0 Å². The number of fused-ring (bicyclic) bond motifs is 3. The summed E-state index contributed by atoms with van der Waals surface area (Å²) in [6.45, 7) is 2.63. The fraction of sp³-hybridized carbons (Fsp3) is 0.250. The standard InChI is InChI=1S/C12H12N2O/c1-8-12-11(14(2)13-8)10-6-4-3-5-9(10)7-15-12/h3-6H,7H2,1-2H3. The molecule has 0 bridgehead atoms. The van der Waals surface area contributed by atoms with Crippen LogP contribution in [0.1, 0.15) is 11.3 Å². The summed E-state index contributed by atoms with van der Waals surface area (Å²) < 4.78 is 7.61. The van der Waals surface area contributed by atoms with E-state index in [0.717, 1.165) is 17.1 Å². The first kappa shape index (κ1) is 8.53. The zero-order chi connectivity index (χ0) is 10.4. The molecular formula is C12H12N2O. The topological polar surface area (TPSA) is 27.1 Å². The number of aryl methyl sites for hydroxylation is 2. The Morgan fingerprint density at radius 3 is 3.00 bits per heavy atom. The van der Waals surface area contributed by atoms with Crippen molar-refractivity contribution in [2.75, 3.05) is 0 Å². The molecule has 0 N–H and O–H groups in total. The second-order valence-electron chi connectivity index (χ2n) is 3.83. The highest BCUT2D eigenvalue weighted by atomic mass is 16.5. The normalized spacial score (nSPS) is 12.9. The molecule has 0 saturated carbocycles. The minimum absolute atomic E-state index is 0.649. The molecule has 0 amide bonds. The van der Waals surface area contributed by atoms with Crippen molar-refractivity contribution in [3.8, 4) is 17.0 Å². The van der Waals surface area contributed by atoms with E-state index >= 15 is 0 Å². The molecule has 0 unspecified atom stereocenters. The second kappa shape index (κ2) is 2.86. The molecule has 0 fully saturated rings. The van der Waals surface area contributed by atoms with Crippen molar-refractivity contribution in [1.82, 2.24) is 9.78 Å². The van der Waals surface area contributed by atoms with Crippen LogP contribution in [0.25, 0.3) is 11.3 Å². The van der Waals surface area contributed by atoms with Gasteiger partial charge in [-0.1, -0.05) is 24.3 Å². The average Bonchev–Trinajstić information content (AvgIpc) is 2.55. The summed E-state index contributed by atoms with van der Waals surface area (Å²) >= 11 is 0. The Balaban J connectivity index is 2.33. The number of hydrogen-bond acceptors (Lipinski definition) is 2. The summed E-state index contributed by atoms with van der Waals surface area (Å²) in [4.78, 5) is 0. The molecule has 0 radical (unpaired) electrons. The first-order chi connectivity index (χ1) is 7.27. The van der Waals surface area contributed by atoms with Gasteiger partial charge in [-0.3, -0.25) is 4.68 Å². The van der Waals surface area contributed by atoms with E-state index < -0.39 is 0 Å². The second-order valence-corrected chi connectivity index (χ2v) is 3.83. The molecular weight excluding hydrogens is 188 g/mol. The van der Waals surface area contributed by atoms with Gasteiger partial charge in [0.05, 0.1) is 0 Å². The SMILES string of the molecule is Cc1nn(C)c2c1OCc1ccccc1-2. The molecule has 3 nitrogen and oxygen atoms in total. The maximum Gasteiger partial charge on any atom is 0.168 e. The minimum atomic E-state index is 0.649. The first-order valence-electron chi connectivity index (χ1n) is 5.02. The third-order valence-corrected chi connectivity index (χ3v) is 2.81. The van der Waals surface area contributed by atoms with E-state index in [-0.39, 0.29) is 0 Å². The summed E-state index contributed by atoms with van der Waals surface area (Å²) in [6.07, 6.45) is 0. The highest BCUT2D eigenvalue weighted by molar-refractivity contribution is 5.72. The molecule has 76 valence electrons. The van der Waals surface area contributed by atoms with Gasteiger partial charge in [0.15, 0.2) is 5.75 Å². The van der Waals surface area contributed by atoms with Gasteiger partial charge in [0, 0.05) is 12.6 Å². The van der Waals surface area contributed by atoms with Gasteiger partial charge in [-0.25, -0.2) is 0 Å². The number of hydrogen-bond donors (Lipinski definition) is 0. The number of ether oxygens (including phenoxy) is 1. The van der Waals surface area contributed by atoms with E-state index in [1.165, 1.54) is 11.1 Å². The van der Waals surface area contributed by atoms with Crippen LogP contribution in [-0.4, -0.2) is 9.78 Å². The van der Waals surface area contributed by atoms with Gasteiger partial charge < -0.3 is 4.74 Å². The van der Waals surface area contributed by atoms with Gasteiger partial charge in [0.25, 0.3) is 0 Å². The van der Waals surface area contributed by atoms with Crippen molar-refractivity contribution in [2.45, 2.75) is 13.5 Å². The fourth-order valence-electron chi connectivity index (χ4n) is 2.14. The Bertz CT molecular complexity index is 528. The monoisotopic (exact) mass is 200 g/mol. The number of aromatic nitrogens is 2. The van der Waals surface area contributed by atoms with Crippen LogP contribution >= 0.6 is 0 Å². The van der Waals surface area contributed by atoms with Crippen molar-refractivity contribution in [3.05, 3.63) is 35.5 Å². The lowest BCUT2D eigenvalue weighted by Gasteiger charge is -2.18. The third-order valence-electron chi connectivity index (χ3n) is 2.81. The molecule has 0 saturated heterocycles. The van der Waals surface area contributed by atoms with Gasteiger partial charge in [-0.05, 0) is 12.5 Å². The molecule has 0 aliphatic carbocycles. The Hall–Kier alpha value is -1.77. The smallest absolute Gasteiger partial charge is 0.168 e. The van der Waals surface area contributed by atoms with Crippen LogP contribution in [-0.2, 0) is 13.7 Å². The van der Waals surface area contributed by atoms with E-state index in [1.807, 2.05) is 24.7 Å². The van der Waals surface area contributed by atoms with Crippen molar-refractivity contribution < 1.29 is 4.74 Å². The minimum Gasteiger partial charge on any atom is -0.485 e. The average molecular weight is 200 g/mol. The maximum atomic E-state index is 5.72. The van der Waals surface area contributed by atoms with Crippen molar-refractivity contribution in [1.29, 1.82) is 0 Å². The van der Waals surface area contributed by atoms with Gasteiger partial charge in [-0.15, -0.1) is 0 Å². The summed E-state index contributed by atoms with van der Waals surface area (Å²) in [5, 5.41) is 4.38. The highest BCUT2D eigenvalue weighted by Crippen LogP contribution is 2.38. The molecule has 3 rings (SSSR count). The molecule has 15 heavy (non-hydrogen) atoms. The Labute approximate surface area is 88.3 Å². The van der Waals surface area contributed by atoms with Gasteiger partial charge in [0.1, 0.15) is 18.0 Å². The summed E-state index contributed by atoms with van der Waals surface area (Å²) in [5.74, 6) is 0.927. The van der Waals surface area contributed by atoms with Crippen molar-refractivity contribution in [2.24, 2.45) is 7.05 Å². The quantitative estimate of drug-likeness (QED) is 0.652. The van der Waals surface area contributed by atoms with Crippen LogP contribution in [0.5, 0.6) is 5.75 Å². The maximum absolute atomic E-state index is 5.72. The molecule has 1 aliphatic heterocycles. The summed E-state index contributed by atoms with van der Waals surface area (Å²) in [6, 6.07) is 8.31. The molecule has 3 heteroatoms. The van der Waals surface area contributed by atoms with Gasteiger partial charge >= 0.3 is 0 Å². The number of benzene rings is 1. The lowest BCUT2D eigenvalue weighted by Crippen LogP contribution is -2.06. The van der Waals surface area contributed by atoms with Crippen LogP contribution in [0.3, 0.4) is 0 Å². The van der Waals surface area contributed by atoms with E-state index in [2.05, 4.69) is 23.3 Å². The Morgan fingerprint density at radius 1 is 1.33 bits per heavy atom. The molecule has 1 aliphatic rings. The lowest BCUT2D eigenvalue weighted by molar-refractivity contribution is 0.300. The van der Waals surface area contributed by atoms with E-state index in [0.29, 0.717) is 6.61 Å². The van der Waals surface area contributed by atoms with Crippen LogP contribution in [0.4, 0.5) is 0 Å². The fourth-order valence-corrected chi connectivity index (χ4v) is 2.14. The zero-order valence-corrected chi connectivity index (χ0v) is 8.82. The van der Waals surface area contributed by atoms with Crippen LogP contribution in [0.2, 0.25) is 0 Å². The Morgan fingerprint density at radius 2 is 2.13 bits per heavy atom. The van der Waals surface area contributed by atoms with Crippen LogP contribution in [0.15, 0.2) is 24.3 Å². The summed E-state index contributed by atoms with van der Waals surface area (Å²) in [7, 11) is 1.96. The predicted octanol–water partition coefficient (Wildman–Crippen LogP) is 2.29. The third kappa shape index (κ3) is 1.09. The van der Waals surface area contributed by atoms with Crippen molar-refractivity contribution >= 4 is 0 Å². The lowest BCUT2D eigenvalue weighted by atomic mass is 10.0. The number of nitrogens with zero attached hydrogens (tertiary/aromatic N) is 2. The Kier molecular flexibility index (Phi) is 1.63. The van der Waals surface area contributed by atoms with E-state index in [1.54, 1.807) is 0 Å². The zero-order valence-electron chi connectivity index (χ0n) is 8.82. The number of rotatable bonds is 0. The molecule has 0 atom stereocenters. The summed E-state index contributed by atoms with van der Waals surface area (Å²) in [5.41, 5.74) is 4.52. The van der Waals surface area contributed by atoms with Gasteiger partial charge in [-0.2, -0.15) is 5.10 Å². The highest BCUT2D eigenvalue weighted by Gasteiger charge is 2.23. The molecule has 2 aromatic rings. The van der Waals surface area contributed by atoms with E-state index in [4.69, 9.17) is 4.74 Å².